The number of hydrogen-bond donors (Lipinski definition) is 2. The number of benzene rings is 2. The van der Waals surface area contributed by atoms with Gasteiger partial charge in [0.25, 0.3) is 0 Å². The Morgan fingerprint density at radius 2 is 2.06 bits per heavy atom. The van der Waals surface area contributed by atoms with E-state index in [-0.39, 0.29) is 5.75 Å². The molecule has 2 aromatic carbocycles. The van der Waals surface area contributed by atoms with Crippen LogP contribution in [0.15, 0.2) is 42.5 Å². The summed E-state index contributed by atoms with van der Waals surface area (Å²) in [5, 5.41) is 10.1. The Balaban J connectivity index is 1.95. The van der Waals surface area contributed by atoms with Crippen molar-refractivity contribution in [1.29, 1.82) is 0 Å². The molecule has 3 rings (SSSR count). The predicted molar refractivity (Wildman–Crippen MR) is 72.0 cm³/mol. The minimum Gasteiger partial charge on any atom is -0.508 e. The maximum atomic E-state index is 9.42. The number of aromatic amines is 1. The maximum absolute atomic E-state index is 9.42. The molecule has 0 aliphatic rings. The van der Waals surface area contributed by atoms with Crippen LogP contribution in [0.25, 0.3) is 11.0 Å². The fourth-order valence-electron chi connectivity index (χ4n) is 1.98. The molecule has 0 aliphatic heterocycles. The fourth-order valence-corrected chi connectivity index (χ4v) is 2.15. The zero-order chi connectivity index (χ0) is 12.5. The van der Waals surface area contributed by atoms with Crippen LogP contribution in [0.1, 0.15) is 11.4 Å². The quantitative estimate of drug-likeness (QED) is 0.739. The Morgan fingerprint density at radius 3 is 2.89 bits per heavy atom. The Morgan fingerprint density at radius 1 is 1.17 bits per heavy atom. The van der Waals surface area contributed by atoms with Gasteiger partial charge in [-0.1, -0.05) is 23.7 Å². The van der Waals surface area contributed by atoms with Gasteiger partial charge in [-0.05, 0) is 35.9 Å². The lowest BCUT2D eigenvalue weighted by Gasteiger charge is -1.98. The second-order valence-electron chi connectivity index (χ2n) is 4.19. The standard InChI is InChI=1S/C14H11ClN2O/c15-10-4-5-12-13(8-10)17-14(16-12)7-9-2-1-3-11(18)6-9/h1-6,8,18H,7H2,(H,16,17). The molecule has 0 amide bonds. The maximum Gasteiger partial charge on any atom is 0.115 e. The van der Waals surface area contributed by atoms with Crippen molar-refractivity contribution in [2.45, 2.75) is 6.42 Å². The number of rotatable bonds is 2. The van der Waals surface area contributed by atoms with Gasteiger partial charge in [0.2, 0.25) is 0 Å². The van der Waals surface area contributed by atoms with Gasteiger partial charge in [0.05, 0.1) is 11.0 Å². The van der Waals surface area contributed by atoms with Crippen LogP contribution in [-0.2, 0) is 6.42 Å². The van der Waals surface area contributed by atoms with E-state index in [1.54, 1.807) is 12.1 Å². The van der Waals surface area contributed by atoms with Crippen molar-refractivity contribution < 1.29 is 5.11 Å². The van der Waals surface area contributed by atoms with E-state index in [1.165, 1.54) is 0 Å². The lowest BCUT2D eigenvalue weighted by atomic mass is 10.1. The summed E-state index contributed by atoms with van der Waals surface area (Å²) in [5.74, 6) is 1.13. The van der Waals surface area contributed by atoms with Gasteiger partial charge in [-0.2, -0.15) is 0 Å². The normalized spacial score (nSPS) is 10.9. The zero-order valence-corrected chi connectivity index (χ0v) is 10.3. The number of imidazole rings is 1. The van der Waals surface area contributed by atoms with Crippen LogP contribution >= 0.6 is 11.6 Å². The number of phenolic OH excluding ortho intramolecular Hbond substituents is 1. The van der Waals surface area contributed by atoms with Crippen molar-refractivity contribution in [3.63, 3.8) is 0 Å². The summed E-state index contributed by atoms with van der Waals surface area (Å²) in [7, 11) is 0. The molecule has 1 aromatic heterocycles. The van der Waals surface area contributed by atoms with Crippen molar-refractivity contribution >= 4 is 22.6 Å². The molecule has 0 spiro atoms. The Bertz CT molecular complexity index is 706. The first kappa shape index (κ1) is 11.1. The SMILES string of the molecule is Oc1cccc(Cc2nc3ccc(Cl)cc3[nH]2)c1. The average molecular weight is 259 g/mol. The minimum atomic E-state index is 0.270. The van der Waals surface area contributed by atoms with Gasteiger partial charge < -0.3 is 10.1 Å². The van der Waals surface area contributed by atoms with Crippen molar-refractivity contribution in [2.24, 2.45) is 0 Å². The number of hydrogen-bond acceptors (Lipinski definition) is 2. The largest absolute Gasteiger partial charge is 0.508 e. The van der Waals surface area contributed by atoms with E-state index >= 15 is 0 Å². The minimum absolute atomic E-state index is 0.270. The van der Waals surface area contributed by atoms with Crippen molar-refractivity contribution in [3.8, 4) is 5.75 Å². The first-order chi connectivity index (χ1) is 8.70. The monoisotopic (exact) mass is 258 g/mol. The molecule has 2 N–H and O–H groups in total. The van der Waals surface area contributed by atoms with E-state index in [0.29, 0.717) is 11.4 Å². The van der Waals surface area contributed by atoms with Gasteiger partial charge in [-0.15, -0.1) is 0 Å². The van der Waals surface area contributed by atoms with Gasteiger partial charge in [0.1, 0.15) is 11.6 Å². The van der Waals surface area contributed by atoms with Gasteiger partial charge in [-0.25, -0.2) is 4.98 Å². The summed E-state index contributed by atoms with van der Waals surface area (Å²) < 4.78 is 0. The lowest BCUT2D eigenvalue weighted by Crippen LogP contribution is -1.89. The summed E-state index contributed by atoms with van der Waals surface area (Å²) in [6.45, 7) is 0. The van der Waals surface area contributed by atoms with Gasteiger partial charge >= 0.3 is 0 Å². The number of nitrogens with zero attached hydrogens (tertiary/aromatic N) is 1. The van der Waals surface area contributed by atoms with Crippen molar-refractivity contribution in [3.05, 3.63) is 58.9 Å². The van der Waals surface area contributed by atoms with Crippen molar-refractivity contribution in [1.82, 2.24) is 9.97 Å². The second kappa shape index (κ2) is 4.35. The number of aromatic hydroxyl groups is 1. The van der Waals surface area contributed by atoms with Crippen LogP contribution in [0.5, 0.6) is 5.75 Å². The van der Waals surface area contributed by atoms with Crippen LogP contribution in [0.3, 0.4) is 0 Å². The topological polar surface area (TPSA) is 48.9 Å². The number of H-pyrrole nitrogens is 1. The number of phenols is 1. The third-order valence-corrected chi connectivity index (χ3v) is 3.01. The highest BCUT2D eigenvalue weighted by Crippen LogP contribution is 2.19. The molecule has 0 radical (unpaired) electrons. The van der Waals surface area contributed by atoms with Gasteiger partial charge in [0, 0.05) is 11.4 Å². The number of halogens is 1. The third-order valence-electron chi connectivity index (χ3n) is 2.78. The average Bonchev–Trinajstić information content (AvgIpc) is 2.70. The first-order valence-corrected chi connectivity index (χ1v) is 6.00. The van der Waals surface area contributed by atoms with E-state index in [2.05, 4.69) is 9.97 Å². The Labute approximate surface area is 109 Å². The number of aromatic nitrogens is 2. The van der Waals surface area contributed by atoms with E-state index < -0.39 is 0 Å². The van der Waals surface area contributed by atoms with Crippen LogP contribution in [-0.4, -0.2) is 15.1 Å². The lowest BCUT2D eigenvalue weighted by molar-refractivity contribution is 0.474. The molecule has 0 unspecified atom stereocenters. The van der Waals surface area contributed by atoms with E-state index in [1.807, 2.05) is 30.3 Å². The number of fused-ring (bicyclic) bond motifs is 1. The molecular weight excluding hydrogens is 248 g/mol. The fraction of sp³-hybridized carbons (Fsp3) is 0.0714. The Kier molecular flexibility index (Phi) is 2.68. The van der Waals surface area contributed by atoms with Crippen LogP contribution in [0.4, 0.5) is 0 Å². The van der Waals surface area contributed by atoms with E-state index in [4.69, 9.17) is 11.6 Å². The molecule has 90 valence electrons. The summed E-state index contributed by atoms with van der Waals surface area (Å²) in [5.41, 5.74) is 2.84. The molecule has 0 saturated heterocycles. The first-order valence-electron chi connectivity index (χ1n) is 5.63. The molecule has 18 heavy (non-hydrogen) atoms. The van der Waals surface area contributed by atoms with Crippen LogP contribution < -0.4 is 0 Å². The van der Waals surface area contributed by atoms with Gasteiger partial charge in [0.15, 0.2) is 0 Å². The van der Waals surface area contributed by atoms with E-state index in [0.717, 1.165) is 22.4 Å². The summed E-state index contributed by atoms with van der Waals surface area (Å²) in [4.78, 5) is 7.71. The zero-order valence-electron chi connectivity index (χ0n) is 9.52. The smallest absolute Gasteiger partial charge is 0.115 e. The molecular formula is C14H11ClN2O. The van der Waals surface area contributed by atoms with Crippen LogP contribution in [0.2, 0.25) is 5.02 Å². The predicted octanol–water partition coefficient (Wildman–Crippen LogP) is 3.51. The van der Waals surface area contributed by atoms with Crippen LogP contribution in [0, 0.1) is 0 Å². The molecule has 0 fully saturated rings. The van der Waals surface area contributed by atoms with Gasteiger partial charge in [-0.3, -0.25) is 0 Å². The molecule has 0 bridgehead atoms. The molecule has 3 nitrogen and oxygen atoms in total. The number of nitrogens with one attached hydrogen (secondary N) is 1. The molecule has 3 aromatic rings. The molecule has 0 aliphatic carbocycles. The molecule has 0 saturated carbocycles. The molecule has 4 heteroatoms. The second-order valence-corrected chi connectivity index (χ2v) is 4.63. The van der Waals surface area contributed by atoms with E-state index in [9.17, 15) is 5.11 Å². The molecule has 0 atom stereocenters. The third kappa shape index (κ3) is 2.17. The highest BCUT2D eigenvalue weighted by Gasteiger charge is 2.04. The molecule has 1 heterocycles. The summed E-state index contributed by atoms with van der Waals surface area (Å²) >= 11 is 5.93. The summed E-state index contributed by atoms with van der Waals surface area (Å²) in [6.07, 6.45) is 0.653. The Hall–Kier alpha value is -2.00. The highest BCUT2D eigenvalue weighted by molar-refractivity contribution is 6.31. The highest BCUT2D eigenvalue weighted by atomic mass is 35.5. The van der Waals surface area contributed by atoms with Crippen molar-refractivity contribution in [2.75, 3.05) is 0 Å². The summed E-state index contributed by atoms with van der Waals surface area (Å²) in [6, 6.07) is 12.7.